The fourth-order valence-electron chi connectivity index (χ4n) is 5.52. The molecule has 83 heavy (non-hydrogen) atoms. The van der Waals surface area contributed by atoms with Crippen LogP contribution in [0.25, 0.3) is 0 Å². The molecule has 0 heterocycles. The summed E-state index contributed by atoms with van der Waals surface area (Å²) in [7, 11) is 2.23. The van der Waals surface area contributed by atoms with Gasteiger partial charge in [0.25, 0.3) is 23.8 Å². The first-order valence-corrected chi connectivity index (χ1v) is 36.9. The van der Waals surface area contributed by atoms with Gasteiger partial charge in [0.15, 0.2) is 0 Å². The van der Waals surface area contributed by atoms with Crippen LogP contribution in [0.15, 0.2) is 98.7 Å². The number of carbonyl (C=O) groups excluding carboxylic acids is 4. The third-order valence-electron chi connectivity index (χ3n) is 9.59. The van der Waals surface area contributed by atoms with E-state index in [2.05, 4.69) is 86.5 Å². The van der Waals surface area contributed by atoms with E-state index >= 15 is 0 Å². The van der Waals surface area contributed by atoms with E-state index in [-0.39, 0.29) is 22.7 Å². The van der Waals surface area contributed by atoms with Crippen LogP contribution < -0.4 is 0 Å². The van der Waals surface area contributed by atoms with Crippen molar-refractivity contribution in [3.05, 3.63) is 98.7 Å². The maximum Gasteiger partial charge on any atom is 0.398 e. The van der Waals surface area contributed by atoms with Crippen LogP contribution in [0.2, 0.25) is 50.4 Å². The molecule has 0 spiro atoms. The Hall–Kier alpha value is -4.57. The first kappa shape index (κ1) is 92.2. The molecule has 0 aromatic rings. The molecule has 23 nitrogen and oxygen atoms in total. The van der Waals surface area contributed by atoms with Gasteiger partial charge in [0.1, 0.15) is 0 Å². The molecule has 0 bridgehead atoms. The normalized spacial score (nSPS) is 11.1. The SMILES string of the molecule is C=C(O)OC(=O)C(=C)C.C=C(O)OC(=O)C(=C)C.C=C(O)OC(=O)C(=C)C.C=C(OC(=O)C(=C)C)O[Si](C)(CCCOC)OCC.CCO[Si](C)(CCCOC)OCC.CCO[Si](C)(CCCOC)OCC.COCCC[Si](C)(OC)OC. The number of hydrogen-bond acceptors (Lipinski definition) is 23. The van der Waals surface area contributed by atoms with E-state index < -0.39 is 76.0 Å². The van der Waals surface area contributed by atoms with Crippen molar-refractivity contribution in [2.45, 2.75) is 138 Å². The lowest BCUT2D eigenvalue weighted by atomic mass is 10.4. The molecule has 0 rings (SSSR count). The molecule has 0 aliphatic heterocycles. The minimum atomic E-state index is -2.44. The summed E-state index contributed by atoms with van der Waals surface area (Å²) in [6.07, 6.45) is 3.89. The Balaban J connectivity index is -0.000000165. The third-order valence-corrected chi connectivity index (χ3v) is 21.5. The van der Waals surface area contributed by atoms with Gasteiger partial charge in [-0.3, -0.25) is 0 Å². The molecule has 0 saturated carbocycles. The zero-order chi connectivity index (χ0) is 66.3. The van der Waals surface area contributed by atoms with E-state index in [4.69, 9.17) is 74.4 Å². The number of rotatable bonds is 38. The van der Waals surface area contributed by atoms with E-state index in [1.165, 1.54) is 20.8 Å². The zero-order valence-electron chi connectivity index (χ0n) is 54.2. The molecule has 0 saturated heterocycles. The lowest BCUT2D eigenvalue weighted by Gasteiger charge is -2.27. The molecule has 27 heteroatoms. The lowest BCUT2D eigenvalue weighted by Crippen LogP contribution is -2.39. The molecule has 0 amide bonds. The highest BCUT2D eigenvalue weighted by Gasteiger charge is 2.35. The Bertz CT molecular complexity index is 1710. The summed E-state index contributed by atoms with van der Waals surface area (Å²) in [6.45, 7) is 56.5. The van der Waals surface area contributed by atoms with Gasteiger partial charge in [-0.25, -0.2) is 19.2 Å². The Morgan fingerprint density at radius 2 is 0.554 bits per heavy atom. The molecule has 0 aromatic carbocycles. The molecule has 0 aliphatic carbocycles. The molecule has 488 valence electrons. The van der Waals surface area contributed by atoms with Gasteiger partial charge in [-0.2, -0.15) is 0 Å². The molecule has 0 radical (unpaired) electrons. The summed E-state index contributed by atoms with van der Waals surface area (Å²) >= 11 is 0. The summed E-state index contributed by atoms with van der Waals surface area (Å²) in [5.41, 5.74) is 0.976. The number of aliphatic hydroxyl groups is 3. The van der Waals surface area contributed by atoms with Gasteiger partial charge < -0.3 is 88.6 Å². The van der Waals surface area contributed by atoms with E-state index in [0.29, 0.717) is 18.8 Å². The first-order valence-electron chi connectivity index (χ1n) is 26.8. The fraction of sp³-hybridized carbons (Fsp3) is 0.643. The summed E-state index contributed by atoms with van der Waals surface area (Å²) in [6, 6.07) is 3.76. The standard InChI is InChI=1S/C13H24O5Si.2C9H22O3Si.C7H18O3Si.3C6H8O3/c1-7-16-19(6,10-8-9-15-5)18-12(4)17-13(14)11(2)3;2*1-5-11-13(4,12-6-2)9-7-8-10-3;1-8-6-5-7-11(4,9-2)10-3;3*1-4(2)6(8)9-5(3)7/h2,4,7-10H2,1,3,5-6H3;2*5-9H2,1-4H3;5-7H2,1-4H3;3*7H,1,3H2,2H3. The second-order valence-electron chi connectivity index (χ2n) is 17.8. The van der Waals surface area contributed by atoms with E-state index in [9.17, 15) is 19.2 Å². The number of ether oxygens (including phenoxy) is 8. The minimum Gasteiger partial charge on any atom is -0.494 e. The molecule has 3 N–H and O–H groups in total. The van der Waals surface area contributed by atoms with E-state index in [1.807, 2.05) is 41.2 Å². The summed E-state index contributed by atoms with van der Waals surface area (Å²) in [5, 5.41) is 24.9. The largest absolute Gasteiger partial charge is 0.494 e. The number of esters is 4. The summed E-state index contributed by atoms with van der Waals surface area (Å²) < 4.78 is 81.9. The predicted molar refractivity (Wildman–Crippen MR) is 333 cm³/mol. The van der Waals surface area contributed by atoms with Gasteiger partial charge in [-0.15, -0.1) is 0 Å². The average Bonchev–Trinajstić information content (AvgIpc) is 3.37. The number of methoxy groups -OCH3 is 4. The zero-order valence-corrected chi connectivity index (χ0v) is 58.2. The lowest BCUT2D eigenvalue weighted by molar-refractivity contribution is -0.139. The predicted octanol–water partition coefficient (Wildman–Crippen LogP) is 11.9. The van der Waals surface area contributed by atoms with Gasteiger partial charge in [-0.1, -0.05) is 26.3 Å². The van der Waals surface area contributed by atoms with Crippen molar-refractivity contribution < 1.29 is 108 Å². The van der Waals surface area contributed by atoms with Gasteiger partial charge >= 0.3 is 58.1 Å². The average molecular weight is 1260 g/mol. The van der Waals surface area contributed by atoms with E-state index in [0.717, 1.165) is 96.1 Å². The van der Waals surface area contributed by atoms with Crippen molar-refractivity contribution in [2.24, 2.45) is 0 Å². The van der Waals surface area contributed by atoms with Crippen molar-refractivity contribution in [3.63, 3.8) is 0 Å². The van der Waals surface area contributed by atoms with Gasteiger partial charge in [0.05, 0.1) is 0 Å². The van der Waals surface area contributed by atoms with Crippen LogP contribution in [0.4, 0.5) is 0 Å². The second kappa shape index (κ2) is 57.8. The Kier molecular flexibility index (Phi) is 64.2. The fourth-order valence-corrected chi connectivity index (χ4v) is 13.9. The first-order chi connectivity index (χ1) is 38.5. The monoisotopic (exact) mass is 1260 g/mol. The molecule has 1 atom stereocenters. The van der Waals surface area contributed by atoms with Gasteiger partial charge in [0.2, 0.25) is 0 Å². The van der Waals surface area contributed by atoms with Crippen LogP contribution in [-0.2, 0) is 92.5 Å². The minimum absolute atomic E-state index is 0.0342. The molecular formula is C56H110O23Si4. The van der Waals surface area contributed by atoms with Crippen molar-refractivity contribution >= 4 is 58.1 Å². The Morgan fingerprint density at radius 1 is 0.349 bits per heavy atom. The van der Waals surface area contributed by atoms with Crippen LogP contribution >= 0.6 is 0 Å². The highest BCUT2D eigenvalue weighted by atomic mass is 28.4. The maximum absolute atomic E-state index is 11.3. The van der Waals surface area contributed by atoms with Gasteiger partial charge in [-0.05, 0) is 159 Å². The second-order valence-corrected chi connectivity index (χ2v) is 31.4. The van der Waals surface area contributed by atoms with E-state index in [1.54, 1.807) is 49.6 Å². The quantitative estimate of drug-likeness (QED) is 0.0129. The van der Waals surface area contributed by atoms with Crippen LogP contribution in [0.1, 0.15) is 88.0 Å². The van der Waals surface area contributed by atoms with Crippen LogP contribution in [0.5, 0.6) is 0 Å². The molecular weight excluding hydrogens is 1150 g/mol. The van der Waals surface area contributed by atoms with Crippen molar-refractivity contribution in [1.82, 2.24) is 0 Å². The van der Waals surface area contributed by atoms with Crippen LogP contribution in [0.3, 0.4) is 0 Å². The maximum atomic E-state index is 11.3. The van der Waals surface area contributed by atoms with Crippen LogP contribution in [-0.4, -0.2) is 176 Å². The molecule has 1 unspecified atom stereocenters. The summed E-state index contributed by atoms with van der Waals surface area (Å²) in [5.74, 6) is -4.40. The Morgan fingerprint density at radius 3 is 0.735 bits per heavy atom. The number of hydrogen-bond donors (Lipinski definition) is 3. The molecule has 0 fully saturated rings. The van der Waals surface area contributed by atoms with Crippen LogP contribution in [0, 0.1) is 0 Å². The highest BCUT2D eigenvalue weighted by Crippen LogP contribution is 2.21. The topological polar surface area (TPSA) is 277 Å². The van der Waals surface area contributed by atoms with Gasteiger partial charge in [0, 0.05) is 130 Å². The Labute approximate surface area is 503 Å². The van der Waals surface area contributed by atoms with Crippen molar-refractivity contribution in [2.75, 3.05) is 102 Å². The van der Waals surface area contributed by atoms with Crippen molar-refractivity contribution in [1.29, 1.82) is 0 Å². The number of aliphatic hydroxyl groups excluding tert-OH is 3. The number of carbonyl (C=O) groups is 4. The molecule has 0 aromatic heterocycles. The third kappa shape index (κ3) is 64.8. The summed E-state index contributed by atoms with van der Waals surface area (Å²) in [4.78, 5) is 42.6. The molecule has 0 aliphatic rings. The smallest absolute Gasteiger partial charge is 0.398 e. The van der Waals surface area contributed by atoms with Crippen molar-refractivity contribution in [3.8, 4) is 0 Å². The highest BCUT2D eigenvalue weighted by molar-refractivity contribution is 6.67.